The van der Waals surface area contributed by atoms with Gasteiger partial charge in [-0.3, -0.25) is 9.97 Å². The van der Waals surface area contributed by atoms with Crippen LogP contribution in [0.1, 0.15) is 11.1 Å². The predicted molar refractivity (Wildman–Crippen MR) is 143 cm³/mol. The minimum atomic E-state index is 1.05. The molecule has 2 nitrogen and oxygen atoms in total. The molecule has 0 aliphatic carbocycles. The quantitative estimate of drug-likeness (QED) is 0.278. The maximum Gasteiger partial charge on any atom is 0.0737 e. The highest BCUT2D eigenvalue weighted by Crippen LogP contribution is 2.36. The van der Waals surface area contributed by atoms with Crippen LogP contribution >= 0.6 is 0 Å². The average molecular weight is 437 g/mol. The molecule has 162 valence electrons. The molecule has 0 bridgehead atoms. The lowest BCUT2D eigenvalue weighted by molar-refractivity contribution is 1.36. The number of hydrogen-bond acceptors (Lipinski definition) is 2. The zero-order chi connectivity index (χ0) is 23.1. The van der Waals surface area contributed by atoms with Crippen LogP contribution in [0.4, 0.5) is 0 Å². The van der Waals surface area contributed by atoms with Crippen molar-refractivity contribution in [2.24, 2.45) is 0 Å². The third kappa shape index (κ3) is 3.45. The van der Waals surface area contributed by atoms with Crippen LogP contribution in [-0.2, 0) is 0 Å². The van der Waals surface area contributed by atoms with Gasteiger partial charge in [-0.15, -0.1) is 0 Å². The second-order valence-electron chi connectivity index (χ2n) is 8.83. The maximum atomic E-state index is 4.71. The first-order valence-electron chi connectivity index (χ1n) is 11.6. The van der Waals surface area contributed by atoms with E-state index in [0.29, 0.717) is 0 Å². The Morgan fingerprint density at radius 3 is 1.26 bits per heavy atom. The SMILES string of the molecule is Cc1cc(-c2cc(C)c3nccc(-c4ccccc4)c3c2)cc2c(-c3ccccc3)ccnc12. The zero-order valence-electron chi connectivity index (χ0n) is 19.3. The van der Waals surface area contributed by atoms with Crippen molar-refractivity contribution in [3.63, 3.8) is 0 Å². The number of aromatic nitrogens is 2. The lowest BCUT2D eigenvalue weighted by atomic mass is 9.92. The van der Waals surface area contributed by atoms with Gasteiger partial charge in [-0.05, 0) is 94.8 Å². The van der Waals surface area contributed by atoms with Crippen LogP contribution in [0.5, 0.6) is 0 Å². The van der Waals surface area contributed by atoms with Gasteiger partial charge in [0.2, 0.25) is 0 Å². The molecule has 4 aromatic carbocycles. The third-order valence-electron chi connectivity index (χ3n) is 6.57. The van der Waals surface area contributed by atoms with Crippen LogP contribution in [0.3, 0.4) is 0 Å². The van der Waals surface area contributed by atoms with E-state index in [9.17, 15) is 0 Å². The molecule has 0 unspecified atom stereocenters. The van der Waals surface area contributed by atoms with E-state index in [-0.39, 0.29) is 0 Å². The molecule has 2 heterocycles. The number of pyridine rings is 2. The fourth-order valence-corrected chi connectivity index (χ4v) is 4.94. The topological polar surface area (TPSA) is 25.8 Å². The average Bonchev–Trinajstić information content (AvgIpc) is 2.89. The minimum absolute atomic E-state index is 1.05. The number of rotatable bonds is 3. The van der Waals surface area contributed by atoms with E-state index in [1.54, 1.807) is 0 Å². The fraction of sp³-hybridized carbons (Fsp3) is 0.0625. The maximum absolute atomic E-state index is 4.71. The van der Waals surface area contributed by atoms with Gasteiger partial charge in [0.15, 0.2) is 0 Å². The van der Waals surface area contributed by atoms with E-state index in [2.05, 4.69) is 111 Å². The standard InChI is InChI=1S/C32H24N2/c1-21-17-25(19-29-27(13-15-33-31(21)29)23-9-5-3-6-10-23)26-18-22(2)32-30(20-26)28(14-16-34-32)24-11-7-4-8-12-24/h3-20H,1-2H3. The molecule has 2 heteroatoms. The molecule has 0 aliphatic rings. The Morgan fingerprint density at radius 2 is 0.853 bits per heavy atom. The summed E-state index contributed by atoms with van der Waals surface area (Å²) in [4.78, 5) is 9.43. The normalized spacial score (nSPS) is 11.2. The van der Waals surface area contributed by atoms with Crippen molar-refractivity contribution in [1.82, 2.24) is 9.97 Å². The second-order valence-corrected chi connectivity index (χ2v) is 8.83. The monoisotopic (exact) mass is 436 g/mol. The summed E-state index contributed by atoms with van der Waals surface area (Å²) in [5.41, 5.74) is 11.7. The van der Waals surface area contributed by atoms with Gasteiger partial charge < -0.3 is 0 Å². The van der Waals surface area contributed by atoms with E-state index in [1.807, 2.05) is 12.4 Å². The Balaban J connectivity index is 1.60. The van der Waals surface area contributed by atoms with Crippen molar-refractivity contribution in [1.29, 1.82) is 0 Å². The Labute approximate surface area is 199 Å². The smallest absolute Gasteiger partial charge is 0.0737 e. The van der Waals surface area contributed by atoms with Crippen molar-refractivity contribution < 1.29 is 0 Å². The summed E-state index contributed by atoms with van der Waals surface area (Å²) >= 11 is 0. The molecule has 0 amide bonds. The molecule has 0 saturated heterocycles. The van der Waals surface area contributed by atoms with E-state index < -0.39 is 0 Å². The molecule has 0 N–H and O–H groups in total. The highest BCUT2D eigenvalue weighted by molar-refractivity contribution is 6.01. The van der Waals surface area contributed by atoms with Crippen molar-refractivity contribution in [2.45, 2.75) is 13.8 Å². The Hall–Kier alpha value is -4.30. The van der Waals surface area contributed by atoms with E-state index in [0.717, 1.165) is 11.0 Å². The first-order chi connectivity index (χ1) is 16.7. The molecule has 0 saturated carbocycles. The molecule has 6 aromatic rings. The van der Waals surface area contributed by atoms with Gasteiger partial charge in [-0.2, -0.15) is 0 Å². The highest BCUT2D eigenvalue weighted by Gasteiger charge is 2.13. The van der Waals surface area contributed by atoms with Gasteiger partial charge >= 0.3 is 0 Å². The first kappa shape index (κ1) is 20.3. The van der Waals surface area contributed by atoms with Crippen LogP contribution in [0.15, 0.2) is 109 Å². The Bertz CT molecular complexity index is 1530. The molecule has 6 rings (SSSR count). The number of benzene rings is 4. The summed E-state index contributed by atoms with van der Waals surface area (Å²) in [5.74, 6) is 0. The minimum Gasteiger partial charge on any atom is -0.256 e. The lowest BCUT2D eigenvalue weighted by Gasteiger charge is -2.14. The van der Waals surface area contributed by atoms with Crippen LogP contribution in [0, 0.1) is 13.8 Å². The molecule has 0 atom stereocenters. The summed E-state index contributed by atoms with van der Waals surface area (Å²) in [6, 6.07) is 34.4. The summed E-state index contributed by atoms with van der Waals surface area (Å²) < 4.78 is 0. The van der Waals surface area contributed by atoms with E-state index in [4.69, 9.17) is 9.97 Å². The Kier molecular flexibility index (Phi) is 4.92. The molecule has 0 aliphatic heterocycles. The van der Waals surface area contributed by atoms with Crippen LogP contribution < -0.4 is 0 Å². The third-order valence-corrected chi connectivity index (χ3v) is 6.57. The van der Waals surface area contributed by atoms with Crippen molar-refractivity contribution in [3.05, 3.63) is 121 Å². The highest BCUT2D eigenvalue weighted by atomic mass is 14.7. The summed E-state index contributed by atoms with van der Waals surface area (Å²) in [6.45, 7) is 4.30. The Morgan fingerprint density at radius 1 is 0.441 bits per heavy atom. The molecule has 34 heavy (non-hydrogen) atoms. The van der Waals surface area contributed by atoms with Gasteiger partial charge in [0, 0.05) is 23.2 Å². The van der Waals surface area contributed by atoms with E-state index in [1.165, 1.54) is 55.3 Å². The predicted octanol–water partition coefficient (Wildman–Crippen LogP) is 8.40. The van der Waals surface area contributed by atoms with Gasteiger partial charge in [-0.25, -0.2) is 0 Å². The number of hydrogen-bond donors (Lipinski definition) is 0. The van der Waals surface area contributed by atoms with Gasteiger partial charge in [0.05, 0.1) is 11.0 Å². The molecule has 2 aromatic heterocycles. The molecule has 0 spiro atoms. The van der Waals surface area contributed by atoms with Crippen LogP contribution in [0.2, 0.25) is 0 Å². The second kappa shape index (κ2) is 8.24. The summed E-state index contributed by atoms with van der Waals surface area (Å²) in [7, 11) is 0. The van der Waals surface area contributed by atoms with Crippen molar-refractivity contribution in [2.75, 3.05) is 0 Å². The van der Waals surface area contributed by atoms with Crippen molar-refractivity contribution in [3.8, 4) is 33.4 Å². The van der Waals surface area contributed by atoms with Crippen molar-refractivity contribution >= 4 is 21.8 Å². The molecule has 0 fully saturated rings. The van der Waals surface area contributed by atoms with E-state index >= 15 is 0 Å². The van der Waals surface area contributed by atoms with Crippen LogP contribution in [0.25, 0.3) is 55.2 Å². The largest absolute Gasteiger partial charge is 0.256 e. The molecular formula is C32H24N2. The number of aryl methyl sites for hydroxylation is 2. The van der Waals surface area contributed by atoms with Gasteiger partial charge in [0.25, 0.3) is 0 Å². The fourth-order valence-electron chi connectivity index (χ4n) is 4.94. The van der Waals surface area contributed by atoms with Gasteiger partial charge in [0.1, 0.15) is 0 Å². The first-order valence-corrected chi connectivity index (χ1v) is 11.6. The summed E-state index contributed by atoms with van der Waals surface area (Å²) in [6.07, 6.45) is 3.82. The number of nitrogens with zero attached hydrogens (tertiary/aromatic N) is 2. The summed E-state index contributed by atoms with van der Waals surface area (Å²) in [5, 5.41) is 2.35. The number of fused-ring (bicyclic) bond motifs is 2. The zero-order valence-corrected chi connectivity index (χ0v) is 19.3. The lowest BCUT2D eigenvalue weighted by Crippen LogP contribution is -1.92. The molecular weight excluding hydrogens is 412 g/mol. The van der Waals surface area contributed by atoms with Crippen LogP contribution in [-0.4, -0.2) is 9.97 Å². The molecule has 0 radical (unpaired) electrons. The van der Waals surface area contributed by atoms with Gasteiger partial charge in [-0.1, -0.05) is 60.7 Å².